The molecule has 1 unspecified atom stereocenters. The fraction of sp³-hybridized carbons (Fsp3) is 0.238. The summed E-state index contributed by atoms with van der Waals surface area (Å²) in [6.07, 6.45) is 1.53. The Morgan fingerprint density at radius 2 is 2.00 bits per heavy atom. The molecule has 0 bridgehead atoms. The van der Waals surface area contributed by atoms with E-state index in [2.05, 4.69) is 5.10 Å². The summed E-state index contributed by atoms with van der Waals surface area (Å²) in [6.45, 7) is 4.33. The molecule has 0 radical (unpaired) electrons. The number of hydrogen-bond donors (Lipinski definition) is 0. The number of carbonyl (C=O) groups is 1. The lowest BCUT2D eigenvalue weighted by Crippen LogP contribution is -2.42. The molecule has 1 amide bonds. The van der Waals surface area contributed by atoms with Gasteiger partial charge in [-0.15, -0.1) is 0 Å². The second-order valence-electron chi connectivity index (χ2n) is 6.57. The van der Waals surface area contributed by atoms with E-state index in [9.17, 15) is 4.79 Å². The zero-order chi connectivity index (χ0) is 19.0. The Balaban J connectivity index is 1.73. The van der Waals surface area contributed by atoms with Gasteiger partial charge in [-0.1, -0.05) is 18.2 Å². The lowest BCUT2D eigenvalue weighted by Gasteiger charge is -2.33. The van der Waals surface area contributed by atoms with Gasteiger partial charge in [0.15, 0.2) is 0 Å². The number of amides is 1. The van der Waals surface area contributed by atoms with E-state index in [1.165, 1.54) is 0 Å². The van der Waals surface area contributed by atoms with Crippen LogP contribution in [0.25, 0.3) is 5.69 Å². The maximum atomic E-state index is 13.3. The Hall–Kier alpha value is -3.28. The van der Waals surface area contributed by atoms with Crippen LogP contribution in [0.15, 0.2) is 54.7 Å². The van der Waals surface area contributed by atoms with Crippen LogP contribution >= 0.6 is 0 Å². The summed E-state index contributed by atoms with van der Waals surface area (Å²) in [6, 6.07) is 15.3. The fourth-order valence-corrected chi connectivity index (χ4v) is 3.33. The molecule has 6 nitrogen and oxygen atoms in total. The van der Waals surface area contributed by atoms with Crippen LogP contribution in [0.4, 0.5) is 5.69 Å². The molecule has 27 heavy (non-hydrogen) atoms. The van der Waals surface area contributed by atoms with Crippen LogP contribution < -0.4 is 14.4 Å². The lowest BCUT2D eigenvalue weighted by molar-refractivity contribution is 0.0960. The summed E-state index contributed by atoms with van der Waals surface area (Å²) < 4.78 is 13.0. The predicted octanol–water partition coefficient (Wildman–Crippen LogP) is 3.62. The van der Waals surface area contributed by atoms with E-state index in [1.54, 1.807) is 22.9 Å². The van der Waals surface area contributed by atoms with E-state index in [0.717, 1.165) is 11.4 Å². The van der Waals surface area contributed by atoms with Crippen molar-refractivity contribution in [2.45, 2.75) is 20.0 Å². The second kappa shape index (κ2) is 6.79. The van der Waals surface area contributed by atoms with Crippen LogP contribution in [0.2, 0.25) is 0 Å². The van der Waals surface area contributed by atoms with Crippen LogP contribution in [0.1, 0.15) is 23.0 Å². The van der Waals surface area contributed by atoms with Crippen LogP contribution in [0.5, 0.6) is 11.5 Å². The van der Waals surface area contributed by atoms with Crippen LogP contribution in [-0.4, -0.2) is 35.4 Å². The fourth-order valence-electron chi connectivity index (χ4n) is 3.33. The van der Waals surface area contributed by atoms with Crippen molar-refractivity contribution in [2.75, 3.05) is 18.6 Å². The number of aromatic nitrogens is 2. The average Bonchev–Trinajstić information content (AvgIpc) is 3.08. The monoisotopic (exact) mass is 363 g/mol. The summed E-state index contributed by atoms with van der Waals surface area (Å²) in [5, 5.41) is 4.42. The van der Waals surface area contributed by atoms with E-state index in [4.69, 9.17) is 9.47 Å². The molecule has 4 rings (SSSR count). The maximum absolute atomic E-state index is 13.3. The van der Waals surface area contributed by atoms with E-state index in [1.807, 2.05) is 62.4 Å². The number of ether oxygens (including phenoxy) is 2. The zero-order valence-corrected chi connectivity index (χ0v) is 15.5. The largest absolute Gasteiger partial charge is 0.497 e. The first-order valence-corrected chi connectivity index (χ1v) is 8.85. The van der Waals surface area contributed by atoms with Gasteiger partial charge in [0.05, 0.1) is 42.5 Å². The Morgan fingerprint density at radius 3 is 2.74 bits per heavy atom. The number of carbonyl (C=O) groups excluding carboxylic acids is 1. The van der Waals surface area contributed by atoms with Crippen molar-refractivity contribution in [1.29, 1.82) is 0 Å². The van der Waals surface area contributed by atoms with Gasteiger partial charge in [-0.2, -0.15) is 5.10 Å². The van der Waals surface area contributed by atoms with E-state index in [-0.39, 0.29) is 12.0 Å². The van der Waals surface area contributed by atoms with Gasteiger partial charge in [-0.3, -0.25) is 4.79 Å². The highest BCUT2D eigenvalue weighted by Gasteiger charge is 2.30. The molecule has 0 fully saturated rings. The van der Waals surface area contributed by atoms with Gasteiger partial charge in [0.25, 0.3) is 5.91 Å². The average molecular weight is 363 g/mol. The van der Waals surface area contributed by atoms with Crippen molar-refractivity contribution >= 4 is 11.6 Å². The number of fused-ring (bicyclic) bond motifs is 1. The topological polar surface area (TPSA) is 56.6 Å². The molecule has 1 atom stereocenters. The van der Waals surface area contributed by atoms with Gasteiger partial charge < -0.3 is 14.4 Å². The standard InChI is InChI=1S/C21H21N3O3/c1-14-13-23(19-11-17(26-3)9-10-20(19)27-14)21(25)18-12-22-24(15(18)2)16-7-5-4-6-8-16/h4-12,14H,13H2,1-3H3. The number of nitrogens with zero attached hydrogens (tertiary/aromatic N) is 3. The molecule has 0 N–H and O–H groups in total. The highest BCUT2D eigenvalue weighted by Crippen LogP contribution is 2.37. The summed E-state index contributed by atoms with van der Waals surface area (Å²) in [5.41, 5.74) is 3.01. The third-order valence-electron chi connectivity index (χ3n) is 4.71. The summed E-state index contributed by atoms with van der Waals surface area (Å²) >= 11 is 0. The molecule has 0 aliphatic carbocycles. The molecule has 6 heteroatoms. The molecule has 0 saturated heterocycles. The highest BCUT2D eigenvalue weighted by atomic mass is 16.5. The molecule has 1 aliphatic heterocycles. The van der Waals surface area contributed by atoms with Gasteiger partial charge in [-0.25, -0.2) is 4.68 Å². The smallest absolute Gasteiger partial charge is 0.261 e. The first-order valence-electron chi connectivity index (χ1n) is 8.85. The number of methoxy groups -OCH3 is 1. The summed E-state index contributed by atoms with van der Waals surface area (Å²) in [7, 11) is 1.61. The van der Waals surface area contributed by atoms with E-state index < -0.39 is 0 Å². The first kappa shape index (κ1) is 17.1. The minimum Gasteiger partial charge on any atom is -0.497 e. The SMILES string of the molecule is COc1ccc2c(c1)N(C(=O)c1cnn(-c3ccccc3)c1C)CC(C)O2. The zero-order valence-electron chi connectivity index (χ0n) is 15.5. The molecule has 138 valence electrons. The molecule has 2 aromatic carbocycles. The van der Waals surface area contributed by atoms with Gasteiger partial charge in [0, 0.05) is 6.07 Å². The Labute approximate surface area is 157 Å². The minimum atomic E-state index is -0.0979. The van der Waals surface area contributed by atoms with E-state index in [0.29, 0.717) is 29.3 Å². The molecule has 2 heterocycles. The van der Waals surface area contributed by atoms with Gasteiger partial charge in [0.2, 0.25) is 0 Å². The third-order valence-corrected chi connectivity index (χ3v) is 4.71. The Morgan fingerprint density at radius 1 is 1.22 bits per heavy atom. The van der Waals surface area contributed by atoms with E-state index >= 15 is 0 Å². The number of benzene rings is 2. The molecular formula is C21H21N3O3. The molecule has 3 aromatic rings. The molecule has 0 saturated carbocycles. The van der Waals surface area contributed by atoms with Gasteiger partial charge >= 0.3 is 0 Å². The minimum absolute atomic E-state index is 0.0978. The van der Waals surface area contributed by atoms with Crippen molar-refractivity contribution in [3.05, 3.63) is 66.0 Å². The summed E-state index contributed by atoms with van der Waals surface area (Å²) in [4.78, 5) is 15.1. The van der Waals surface area contributed by atoms with Crippen LogP contribution in [-0.2, 0) is 0 Å². The number of para-hydroxylation sites is 1. The quantitative estimate of drug-likeness (QED) is 0.713. The predicted molar refractivity (Wildman–Crippen MR) is 103 cm³/mol. The summed E-state index contributed by atoms with van der Waals surface area (Å²) in [5.74, 6) is 1.26. The number of hydrogen-bond acceptors (Lipinski definition) is 4. The van der Waals surface area contributed by atoms with Crippen LogP contribution in [0, 0.1) is 6.92 Å². The molecular weight excluding hydrogens is 342 g/mol. The Kier molecular flexibility index (Phi) is 4.32. The Bertz CT molecular complexity index is 982. The first-order chi connectivity index (χ1) is 13.1. The van der Waals surface area contributed by atoms with Gasteiger partial charge in [-0.05, 0) is 38.1 Å². The molecule has 1 aliphatic rings. The molecule has 1 aromatic heterocycles. The highest BCUT2D eigenvalue weighted by molar-refractivity contribution is 6.08. The van der Waals surface area contributed by atoms with Crippen molar-refractivity contribution < 1.29 is 14.3 Å². The lowest BCUT2D eigenvalue weighted by atomic mass is 10.1. The third kappa shape index (κ3) is 3.03. The maximum Gasteiger partial charge on any atom is 0.261 e. The van der Waals surface area contributed by atoms with Gasteiger partial charge in [0.1, 0.15) is 17.6 Å². The molecule has 0 spiro atoms. The second-order valence-corrected chi connectivity index (χ2v) is 6.57. The number of anilines is 1. The van der Waals surface area contributed by atoms with Crippen molar-refractivity contribution in [3.63, 3.8) is 0 Å². The van der Waals surface area contributed by atoms with Crippen molar-refractivity contribution in [2.24, 2.45) is 0 Å². The van der Waals surface area contributed by atoms with Crippen molar-refractivity contribution in [1.82, 2.24) is 9.78 Å². The van der Waals surface area contributed by atoms with Crippen molar-refractivity contribution in [3.8, 4) is 17.2 Å². The normalized spacial score (nSPS) is 15.8. The van der Waals surface area contributed by atoms with Crippen LogP contribution in [0.3, 0.4) is 0 Å². The number of rotatable bonds is 3.